The van der Waals surface area contributed by atoms with Gasteiger partial charge in [0.2, 0.25) is 0 Å². The fourth-order valence-corrected chi connectivity index (χ4v) is 3.00. The molecule has 0 fully saturated rings. The maximum atomic E-state index is 13.0. The number of carbonyl (C=O) groups is 1. The Balaban J connectivity index is 2.11. The summed E-state index contributed by atoms with van der Waals surface area (Å²) < 4.78 is 17.7. The highest BCUT2D eigenvalue weighted by molar-refractivity contribution is 5.94. The zero-order valence-electron chi connectivity index (χ0n) is 17.9. The fraction of sp³-hybridized carbons (Fsp3) is 0.304. The highest BCUT2D eigenvalue weighted by atomic mass is 16.5. The van der Waals surface area contributed by atoms with Crippen LogP contribution in [0.25, 0.3) is 16.9 Å². The third kappa shape index (κ3) is 4.40. The van der Waals surface area contributed by atoms with Crippen LogP contribution in [0.15, 0.2) is 48.5 Å². The van der Waals surface area contributed by atoms with Crippen LogP contribution in [-0.2, 0) is 0 Å². The van der Waals surface area contributed by atoms with Crippen LogP contribution in [0.1, 0.15) is 30.8 Å². The van der Waals surface area contributed by atoms with Crippen LogP contribution >= 0.6 is 0 Å². The van der Waals surface area contributed by atoms with E-state index in [0.717, 1.165) is 23.4 Å². The summed E-state index contributed by atoms with van der Waals surface area (Å²) in [5.41, 5.74) is 2.58. The molecule has 0 saturated carbocycles. The van der Waals surface area contributed by atoms with Crippen LogP contribution in [-0.4, -0.2) is 43.1 Å². The number of hydrogen-bond acceptors (Lipinski definition) is 5. The number of carbonyl (C=O) groups excluding carboxylic acids is 1. The van der Waals surface area contributed by atoms with Gasteiger partial charge in [0.25, 0.3) is 5.91 Å². The second-order valence-electron chi connectivity index (χ2n) is 6.87. The molecule has 0 saturated heterocycles. The lowest BCUT2D eigenvalue weighted by Gasteiger charge is -2.12. The zero-order chi connectivity index (χ0) is 21.7. The molecule has 30 heavy (non-hydrogen) atoms. The first-order valence-electron chi connectivity index (χ1n) is 9.78. The van der Waals surface area contributed by atoms with Gasteiger partial charge in [0.05, 0.1) is 32.7 Å². The standard InChI is InChI=1S/C23H27N3O4/c1-6-15(2)24-23(27)21-14-20(19-12-11-18(29-4)13-22(19)30-5)25-26(21)16-7-9-17(28-3)10-8-16/h7-15H,6H2,1-5H3,(H,24,27). The summed E-state index contributed by atoms with van der Waals surface area (Å²) in [5, 5.41) is 7.73. The van der Waals surface area contributed by atoms with E-state index in [1.54, 1.807) is 38.1 Å². The summed E-state index contributed by atoms with van der Waals surface area (Å²) in [4.78, 5) is 13.0. The SMILES string of the molecule is CCC(C)NC(=O)c1cc(-c2ccc(OC)cc2OC)nn1-c1ccc(OC)cc1. The Morgan fingerprint density at radius 2 is 1.67 bits per heavy atom. The number of nitrogens with one attached hydrogen (secondary N) is 1. The predicted octanol–water partition coefficient (Wildman–Crippen LogP) is 4.09. The lowest BCUT2D eigenvalue weighted by atomic mass is 10.1. The van der Waals surface area contributed by atoms with Crippen LogP contribution < -0.4 is 19.5 Å². The van der Waals surface area contributed by atoms with Gasteiger partial charge in [-0.05, 0) is 55.8 Å². The van der Waals surface area contributed by atoms with Crippen molar-refractivity contribution >= 4 is 5.91 Å². The molecule has 3 rings (SSSR count). The van der Waals surface area contributed by atoms with Crippen LogP contribution in [0.3, 0.4) is 0 Å². The molecule has 1 unspecified atom stereocenters. The Morgan fingerprint density at radius 1 is 1.00 bits per heavy atom. The van der Waals surface area contributed by atoms with Gasteiger partial charge in [-0.1, -0.05) is 6.92 Å². The van der Waals surface area contributed by atoms with Crippen molar-refractivity contribution in [2.75, 3.05) is 21.3 Å². The fourth-order valence-electron chi connectivity index (χ4n) is 3.00. The number of benzene rings is 2. The van der Waals surface area contributed by atoms with E-state index in [4.69, 9.17) is 19.3 Å². The monoisotopic (exact) mass is 409 g/mol. The van der Waals surface area contributed by atoms with Crippen molar-refractivity contribution in [3.8, 4) is 34.2 Å². The van der Waals surface area contributed by atoms with Crippen molar-refractivity contribution in [1.29, 1.82) is 0 Å². The third-order valence-electron chi connectivity index (χ3n) is 4.93. The van der Waals surface area contributed by atoms with Crippen molar-refractivity contribution in [2.24, 2.45) is 0 Å². The average molecular weight is 409 g/mol. The largest absolute Gasteiger partial charge is 0.497 e. The predicted molar refractivity (Wildman–Crippen MR) is 116 cm³/mol. The van der Waals surface area contributed by atoms with Crippen LogP contribution in [0.2, 0.25) is 0 Å². The molecule has 1 N–H and O–H groups in total. The molecule has 1 aromatic heterocycles. The van der Waals surface area contributed by atoms with Crippen molar-refractivity contribution < 1.29 is 19.0 Å². The Labute approximate surface area is 176 Å². The molecule has 1 atom stereocenters. The summed E-state index contributed by atoms with van der Waals surface area (Å²) in [6.45, 7) is 4.00. The van der Waals surface area contributed by atoms with Gasteiger partial charge in [-0.2, -0.15) is 5.10 Å². The third-order valence-corrected chi connectivity index (χ3v) is 4.93. The van der Waals surface area contributed by atoms with Gasteiger partial charge in [-0.15, -0.1) is 0 Å². The van der Waals surface area contributed by atoms with Crippen LogP contribution in [0.5, 0.6) is 17.2 Å². The highest BCUT2D eigenvalue weighted by Gasteiger charge is 2.20. The molecular formula is C23H27N3O4. The van der Waals surface area contributed by atoms with Gasteiger partial charge < -0.3 is 19.5 Å². The van der Waals surface area contributed by atoms with Crippen molar-refractivity contribution in [3.63, 3.8) is 0 Å². The lowest BCUT2D eigenvalue weighted by Crippen LogP contribution is -2.33. The van der Waals surface area contributed by atoms with E-state index >= 15 is 0 Å². The zero-order valence-corrected chi connectivity index (χ0v) is 17.9. The molecule has 7 heteroatoms. The Morgan fingerprint density at radius 3 is 2.27 bits per heavy atom. The minimum Gasteiger partial charge on any atom is -0.497 e. The number of hydrogen-bond donors (Lipinski definition) is 1. The molecule has 2 aromatic carbocycles. The van der Waals surface area contributed by atoms with E-state index in [9.17, 15) is 4.79 Å². The van der Waals surface area contributed by atoms with Crippen LogP contribution in [0.4, 0.5) is 0 Å². The van der Waals surface area contributed by atoms with Gasteiger partial charge in [-0.25, -0.2) is 4.68 Å². The first kappa shape index (κ1) is 21.2. The highest BCUT2D eigenvalue weighted by Crippen LogP contribution is 2.33. The molecule has 0 aliphatic carbocycles. The molecule has 0 aliphatic rings. The number of amides is 1. The Bertz CT molecular complexity index is 1010. The molecular weight excluding hydrogens is 382 g/mol. The molecule has 0 aliphatic heterocycles. The van der Waals surface area contributed by atoms with E-state index in [2.05, 4.69) is 5.32 Å². The molecule has 0 radical (unpaired) electrons. The molecule has 1 amide bonds. The second kappa shape index (κ2) is 9.35. The summed E-state index contributed by atoms with van der Waals surface area (Å²) >= 11 is 0. The first-order chi connectivity index (χ1) is 14.5. The van der Waals surface area contributed by atoms with E-state index in [1.165, 1.54) is 0 Å². The topological polar surface area (TPSA) is 74.6 Å². The lowest BCUT2D eigenvalue weighted by molar-refractivity contribution is 0.0931. The van der Waals surface area contributed by atoms with E-state index in [1.807, 2.05) is 50.2 Å². The van der Waals surface area contributed by atoms with Crippen molar-refractivity contribution in [1.82, 2.24) is 15.1 Å². The van der Waals surface area contributed by atoms with E-state index in [-0.39, 0.29) is 11.9 Å². The Hall–Kier alpha value is -3.48. The summed E-state index contributed by atoms with van der Waals surface area (Å²) in [6, 6.07) is 14.7. The quantitative estimate of drug-likeness (QED) is 0.606. The van der Waals surface area contributed by atoms with Gasteiger partial charge in [0.1, 0.15) is 22.9 Å². The molecule has 0 bridgehead atoms. The first-order valence-corrected chi connectivity index (χ1v) is 9.78. The van der Waals surface area contributed by atoms with Crippen LogP contribution in [0, 0.1) is 0 Å². The summed E-state index contributed by atoms with van der Waals surface area (Å²) in [7, 11) is 4.81. The van der Waals surface area contributed by atoms with Crippen molar-refractivity contribution in [2.45, 2.75) is 26.3 Å². The van der Waals surface area contributed by atoms with Gasteiger partial charge in [-0.3, -0.25) is 4.79 Å². The molecule has 158 valence electrons. The molecule has 3 aromatic rings. The van der Waals surface area contributed by atoms with Gasteiger partial charge >= 0.3 is 0 Å². The minimum atomic E-state index is -0.189. The molecule has 1 heterocycles. The van der Waals surface area contributed by atoms with E-state index < -0.39 is 0 Å². The summed E-state index contributed by atoms with van der Waals surface area (Å²) in [6.07, 6.45) is 0.835. The molecule has 7 nitrogen and oxygen atoms in total. The number of methoxy groups -OCH3 is 3. The van der Waals surface area contributed by atoms with E-state index in [0.29, 0.717) is 22.9 Å². The maximum absolute atomic E-state index is 13.0. The summed E-state index contributed by atoms with van der Waals surface area (Å²) in [5.74, 6) is 1.84. The average Bonchev–Trinajstić information content (AvgIpc) is 3.23. The normalized spacial score (nSPS) is 11.6. The smallest absolute Gasteiger partial charge is 0.270 e. The number of aromatic nitrogens is 2. The van der Waals surface area contributed by atoms with Crippen molar-refractivity contribution in [3.05, 3.63) is 54.2 Å². The maximum Gasteiger partial charge on any atom is 0.270 e. The number of ether oxygens (including phenoxy) is 3. The second-order valence-corrected chi connectivity index (χ2v) is 6.87. The number of rotatable bonds is 8. The van der Waals surface area contributed by atoms with Gasteiger partial charge in [0.15, 0.2) is 0 Å². The number of nitrogens with zero attached hydrogens (tertiary/aromatic N) is 2. The Kier molecular flexibility index (Phi) is 6.61. The minimum absolute atomic E-state index is 0.0516. The van der Waals surface area contributed by atoms with Gasteiger partial charge in [0, 0.05) is 17.7 Å². The molecule has 0 spiro atoms.